The van der Waals surface area contributed by atoms with Crippen molar-refractivity contribution in [1.29, 1.82) is 0 Å². The smallest absolute Gasteiger partial charge is 0.308 e. The SMILES string of the molecule is CC(C)(C)OC(=O)CCOCCOCCOCCOCCOCCOCCOCCOCCOCCOCCOCCOCCN1C(=O)c2ccccc2C1=O. The molecule has 1 aliphatic heterocycles. The lowest BCUT2D eigenvalue weighted by Crippen LogP contribution is -2.33. The van der Waals surface area contributed by atoms with Crippen LogP contribution in [-0.4, -0.2) is 193 Å². The molecule has 0 radical (unpaired) electrons. The summed E-state index contributed by atoms with van der Waals surface area (Å²) < 4.78 is 70.8. The number of imide groups is 1. The molecule has 2 rings (SSSR count). The molecule has 0 aliphatic carbocycles. The Kier molecular flexibility index (Phi) is 29.5. The van der Waals surface area contributed by atoms with E-state index in [1.807, 2.05) is 20.8 Å². The van der Waals surface area contributed by atoms with E-state index in [2.05, 4.69) is 0 Å². The molecular weight excluding hydrogens is 738 g/mol. The molecule has 17 nitrogen and oxygen atoms in total. The zero-order valence-electron chi connectivity index (χ0n) is 33.7. The minimum atomic E-state index is -0.481. The van der Waals surface area contributed by atoms with Gasteiger partial charge in [0.1, 0.15) is 5.60 Å². The molecule has 1 aliphatic rings. The minimum Gasteiger partial charge on any atom is -0.460 e. The Bertz CT molecular complexity index is 1120. The molecule has 0 unspecified atom stereocenters. The number of esters is 1. The number of carbonyl (C=O) groups excluding carboxylic acids is 3. The Labute approximate surface area is 331 Å². The molecule has 322 valence electrons. The van der Waals surface area contributed by atoms with Gasteiger partial charge in [0.05, 0.1) is 183 Å². The van der Waals surface area contributed by atoms with Gasteiger partial charge in [-0.1, -0.05) is 12.1 Å². The highest BCUT2D eigenvalue weighted by Gasteiger charge is 2.34. The highest BCUT2D eigenvalue weighted by atomic mass is 16.6. The van der Waals surface area contributed by atoms with Crippen LogP contribution in [0, 0.1) is 0 Å². The second-order valence-electron chi connectivity index (χ2n) is 13.0. The third-order valence-electron chi connectivity index (χ3n) is 7.30. The Morgan fingerprint density at radius 3 is 0.946 bits per heavy atom. The standard InChI is InChI=1S/C39H65NO16/c1-39(2,3)56-36(41)8-10-44-12-14-46-16-18-48-20-22-50-24-26-52-28-30-54-32-33-55-31-29-53-27-25-51-23-21-49-19-17-47-15-13-45-11-9-40-37(42)34-6-4-5-7-35(34)38(40)43/h4-7H,8-33H2,1-3H3. The van der Waals surface area contributed by atoms with Crippen molar-refractivity contribution in [2.75, 3.05) is 165 Å². The van der Waals surface area contributed by atoms with Gasteiger partial charge in [-0.3, -0.25) is 19.3 Å². The number of amides is 2. The summed E-state index contributed by atoms with van der Waals surface area (Å²) in [5, 5.41) is 0. The van der Waals surface area contributed by atoms with Crippen LogP contribution in [0.5, 0.6) is 0 Å². The van der Waals surface area contributed by atoms with Gasteiger partial charge in [-0.05, 0) is 32.9 Å². The van der Waals surface area contributed by atoms with Gasteiger partial charge < -0.3 is 61.6 Å². The zero-order chi connectivity index (χ0) is 40.4. The number of rotatable bonds is 39. The van der Waals surface area contributed by atoms with Crippen LogP contribution in [0.2, 0.25) is 0 Å². The molecule has 56 heavy (non-hydrogen) atoms. The molecule has 1 aromatic rings. The molecule has 0 fully saturated rings. The molecule has 0 spiro atoms. The van der Waals surface area contributed by atoms with Gasteiger partial charge in [0.15, 0.2) is 0 Å². The molecule has 0 saturated heterocycles. The lowest BCUT2D eigenvalue weighted by atomic mass is 10.1. The highest BCUT2D eigenvalue weighted by Crippen LogP contribution is 2.21. The first kappa shape index (κ1) is 49.5. The minimum absolute atomic E-state index is 0.209. The fourth-order valence-electron chi connectivity index (χ4n) is 4.67. The van der Waals surface area contributed by atoms with Crippen LogP contribution >= 0.6 is 0 Å². The predicted molar refractivity (Wildman–Crippen MR) is 202 cm³/mol. The largest absolute Gasteiger partial charge is 0.460 e. The summed E-state index contributed by atoms with van der Waals surface area (Å²) in [6.45, 7) is 16.3. The second kappa shape index (κ2) is 33.3. The van der Waals surface area contributed by atoms with Gasteiger partial charge in [-0.2, -0.15) is 0 Å². The number of hydrogen-bond acceptors (Lipinski definition) is 16. The maximum Gasteiger partial charge on any atom is 0.308 e. The molecule has 2 amide bonds. The van der Waals surface area contributed by atoms with Crippen LogP contribution in [0.15, 0.2) is 24.3 Å². The van der Waals surface area contributed by atoms with Crippen LogP contribution in [-0.2, 0) is 66.4 Å². The van der Waals surface area contributed by atoms with Crippen LogP contribution in [0.4, 0.5) is 0 Å². The molecule has 17 heteroatoms. The topological polar surface area (TPSA) is 174 Å². The summed E-state index contributed by atoms with van der Waals surface area (Å²) >= 11 is 0. The molecule has 0 saturated carbocycles. The lowest BCUT2D eigenvalue weighted by Gasteiger charge is -2.19. The quantitative estimate of drug-likeness (QED) is 0.0538. The predicted octanol–water partition coefficient (Wildman–Crippen LogP) is 2.21. The summed E-state index contributed by atoms with van der Waals surface area (Å²) in [5.41, 5.74) is 0.394. The Morgan fingerprint density at radius 1 is 0.429 bits per heavy atom. The van der Waals surface area contributed by atoms with Crippen molar-refractivity contribution in [1.82, 2.24) is 4.90 Å². The first-order valence-corrected chi connectivity index (χ1v) is 19.4. The van der Waals surface area contributed by atoms with Crippen LogP contribution in [0.3, 0.4) is 0 Å². The van der Waals surface area contributed by atoms with E-state index in [4.69, 9.17) is 61.6 Å². The summed E-state index contributed by atoms with van der Waals surface area (Å²) in [5.74, 6) is -0.835. The molecule has 0 N–H and O–H groups in total. The van der Waals surface area contributed by atoms with Crippen molar-refractivity contribution in [2.45, 2.75) is 32.8 Å². The second-order valence-corrected chi connectivity index (χ2v) is 13.0. The number of fused-ring (bicyclic) bond motifs is 1. The Hall–Kier alpha value is -2.65. The van der Waals surface area contributed by atoms with Gasteiger partial charge in [0.25, 0.3) is 11.8 Å². The van der Waals surface area contributed by atoms with Gasteiger partial charge in [0, 0.05) is 0 Å². The third kappa shape index (κ3) is 26.3. The molecule has 0 bridgehead atoms. The van der Waals surface area contributed by atoms with E-state index in [9.17, 15) is 14.4 Å². The van der Waals surface area contributed by atoms with E-state index in [0.29, 0.717) is 163 Å². The maximum absolute atomic E-state index is 12.3. The molecular formula is C39H65NO16. The zero-order valence-corrected chi connectivity index (χ0v) is 33.7. The summed E-state index contributed by atoms with van der Waals surface area (Å²) in [7, 11) is 0. The number of nitrogens with zero attached hydrogens (tertiary/aromatic N) is 1. The van der Waals surface area contributed by atoms with Crippen molar-refractivity contribution in [3.8, 4) is 0 Å². The van der Waals surface area contributed by atoms with E-state index in [1.165, 1.54) is 4.90 Å². The number of hydrogen-bond donors (Lipinski definition) is 0. The van der Waals surface area contributed by atoms with Gasteiger partial charge in [-0.25, -0.2) is 0 Å². The van der Waals surface area contributed by atoms with E-state index >= 15 is 0 Å². The molecule has 1 heterocycles. The van der Waals surface area contributed by atoms with E-state index in [0.717, 1.165) is 0 Å². The fraction of sp³-hybridized carbons (Fsp3) is 0.769. The Balaban J connectivity index is 1.16. The van der Waals surface area contributed by atoms with Gasteiger partial charge in [0.2, 0.25) is 0 Å². The van der Waals surface area contributed by atoms with Crippen molar-refractivity contribution in [3.63, 3.8) is 0 Å². The van der Waals surface area contributed by atoms with Crippen molar-refractivity contribution < 1.29 is 76.0 Å². The first-order chi connectivity index (χ1) is 27.3. The fourth-order valence-corrected chi connectivity index (χ4v) is 4.67. The number of benzene rings is 1. The number of ether oxygens (including phenoxy) is 13. The average Bonchev–Trinajstić information content (AvgIpc) is 3.41. The summed E-state index contributed by atoms with van der Waals surface area (Å²) in [6.07, 6.45) is 0.224. The van der Waals surface area contributed by atoms with Crippen molar-refractivity contribution in [3.05, 3.63) is 35.4 Å². The molecule has 1 aromatic carbocycles. The van der Waals surface area contributed by atoms with Crippen LogP contribution in [0.25, 0.3) is 0 Å². The van der Waals surface area contributed by atoms with Crippen LogP contribution in [0.1, 0.15) is 47.9 Å². The highest BCUT2D eigenvalue weighted by molar-refractivity contribution is 6.21. The third-order valence-corrected chi connectivity index (χ3v) is 7.30. The Morgan fingerprint density at radius 2 is 0.679 bits per heavy atom. The van der Waals surface area contributed by atoms with Crippen LogP contribution < -0.4 is 0 Å². The summed E-state index contributed by atoms with van der Waals surface area (Å²) in [6, 6.07) is 6.81. The van der Waals surface area contributed by atoms with Gasteiger partial charge in [-0.15, -0.1) is 0 Å². The van der Waals surface area contributed by atoms with Crippen molar-refractivity contribution in [2.24, 2.45) is 0 Å². The lowest BCUT2D eigenvalue weighted by molar-refractivity contribution is -0.156. The van der Waals surface area contributed by atoms with E-state index in [1.54, 1.807) is 24.3 Å². The average molecular weight is 804 g/mol. The monoisotopic (exact) mass is 803 g/mol. The van der Waals surface area contributed by atoms with E-state index in [-0.39, 0.29) is 37.4 Å². The first-order valence-electron chi connectivity index (χ1n) is 19.4. The van der Waals surface area contributed by atoms with Gasteiger partial charge >= 0.3 is 5.97 Å². The summed E-state index contributed by atoms with van der Waals surface area (Å²) in [4.78, 5) is 37.4. The molecule has 0 aromatic heterocycles. The normalized spacial score (nSPS) is 12.9. The number of carbonyl (C=O) groups is 3. The van der Waals surface area contributed by atoms with E-state index < -0.39 is 5.60 Å². The van der Waals surface area contributed by atoms with Crippen molar-refractivity contribution >= 4 is 17.8 Å². The maximum atomic E-state index is 12.3. The molecule has 0 atom stereocenters.